The summed E-state index contributed by atoms with van der Waals surface area (Å²) in [5, 5.41) is 57.0. The standard InChI is InChI=1S/C68H123NO10/c1-4-7-10-13-16-19-22-24-26-27-28-29-30-31-32-33-34-35-36-38-41-44-47-50-53-56-63(73)79-66-65(75)64(74)62(57-70)78-68(66)77-58-59(60(71)54-51-48-45-42-39-21-18-15-12-9-6-3)69-67(76)61(72)55-52-49-46-43-40-37-25-23-20-17-14-11-8-5-2/h16-17,19-20,23-26,51,54,59-62,64-66,68,70-72,74-75H,4-15,18,21-22,27-50,52-53,55-58H2,1-3H3,(H,69,76)/b19-16-,20-17+,25-23+,26-24-,54-51+. The van der Waals surface area contributed by atoms with Crippen LogP contribution in [0.1, 0.15) is 297 Å². The van der Waals surface area contributed by atoms with Crippen LogP contribution in [0.4, 0.5) is 0 Å². The lowest BCUT2D eigenvalue weighted by atomic mass is 9.99. The van der Waals surface area contributed by atoms with Crippen LogP contribution >= 0.6 is 0 Å². The second-order valence-electron chi connectivity index (χ2n) is 22.9. The summed E-state index contributed by atoms with van der Waals surface area (Å²) in [7, 11) is 0. The van der Waals surface area contributed by atoms with E-state index in [4.69, 9.17) is 14.2 Å². The molecule has 1 fully saturated rings. The van der Waals surface area contributed by atoms with Crippen molar-refractivity contribution in [2.24, 2.45) is 0 Å². The van der Waals surface area contributed by atoms with Crippen LogP contribution in [0, 0.1) is 0 Å². The maximum Gasteiger partial charge on any atom is 0.306 e. The van der Waals surface area contributed by atoms with E-state index in [0.29, 0.717) is 12.8 Å². The number of unbranched alkanes of at least 4 members (excludes halogenated alkanes) is 35. The highest BCUT2D eigenvalue weighted by atomic mass is 16.7. The normalized spacial score (nSPS) is 19.2. The first-order valence-electron chi connectivity index (χ1n) is 33.1. The molecule has 0 aromatic rings. The van der Waals surface area contributed by atoms with Gasteiger partial charge >= 0.3 is 5.97 Å². The number of carbonyl (C=O) groups excluding carboxylic acids is 2. The van der Waals surface area contributed by atoms with E-state index < -0.39 is 67.4 Å². The van der Waals surface area contributed by atoms with Crippen LogP contribution in [0.25, 0.3) is 0 Å². The minimum absolute atomic E-state index is 0.122. The molecule has 11 heteroatoms. The molecule has 11 nitrogen and oxygen atoms in total. The van der Waals surface area contributed by atoms with Crippen LogP contribution in [-0.2, 0) is 23.8 Å². The van der Waals surface area contributed by atoms with Crippen LogP contribution in [0.15, 0.2) is 60.8 Å². The van der Waals surface area contributed by atoms with Gasteiger partial charge in [0.2, 0.25) is 5.91 Å². The fourth-order valence-corrected chi connectivity index (χ4v) is 10.1. The second-order valence-corrected chi connectivity index (χ2v) is 22.9. The van der Waals surface area contributed by atoms with Gasteiger partial charge in [0.05, 0.1) is 25.4 Å². The van der Waals surface area contributed by atoms with Gasteiger partial charge in [0.1, 0.15) is 24.4 Å². The molecule has 8 atom stereocenters. The van der Waals surface area contributed by atoms with Crippen LogP contribution in [-0.4, -0.2) is 99.6 Å². The highest BCUT2D eigenvalue weighted by Crippen LogP contribution is 2.26. The van der Waals surface area contributed by atoms with Gasteiger partial charge in [0.25, 0.3) is 0 Å². The number of aliphatic hydroxyl groups is 5. The Labute approximate surface area is 484 Å². The second kappa shape index (κ2) is 55.9. The maximum absolute atomic E-state index is 13.4. The summed E-state index contributed by atoms with van der Waals surface area (Å²) in [5.74, 6) is -1.20. The summed E-state index contributed by atoms with van der Waals surface area (Å²) in [5.41, 5.74) is 0. The molecule has 0 saturated carbocycles. The van der Waals surface area contributed by atoms with Crippen molar-refractivity contribution in [1.29, 1.82) is 0 Å². The van der Waals surface area contributed by atoms with E-state index >= 15 is 0 Å². The molecule has 1 rings (SSSR count). The molecule has 0 spiro atoms. The molecular formula is C68H123NO10. The molecule has 79 heavy (non-hydrogen) atoms. The number of ether oxygens (including phenoxy) is 3. The van der Waals surface area contributed by atoms with E-state index in [1.54, 1.807) is 6.08 Å². The fourth-order valence-electron chi connectivity index (χ4n) is 10.1. The molecule has 1 aliphatic rings. The third kappa shape index (κ3) is 43.7. The summed E-state index contributed by atoms with van der Waals surface area (Å²) in [4.78, 5) is 26.6. The van der Waals surface area contributed by atoms with Crippen LogP contribution in [0.5, 0.6) is 0 Å². The Morgan fingerprint density at radius 3 is 1.39 bits per heavy atom. The molecule has 0 radical (unpaired) electrons. The number of esters is 1. The highest BCUT2D eigenvalue weighted by molar-refractivity contribution is 5.80. The van der Waals surface area contributed by atoms with E-state index in [1.807, 2.05) is 6.08 Å². The molecule has 8 unspecified atom stereocenters. The average molecular weight is 1110 g/mol. The summed E-state index contributed by atoms with van der Waals surface area (Å²) in [6, 6.07) is -1.03. The number of rotatable bonds is 56. The lowest BCUT2D eigenvalue weighted by molar-refractivity contribution is -0.305. The van der Waals surface area contributed by atoms with Crippen molar-refractivity contribution in [3.63, 3.8) is 0 Å². The largest absolute Gasteiger partial charge is 0.454 e. The number of nitrogens with one attached hydrogen (secondary N) is 1. The van der Waals surface area contributed by atoms with Gasteiger partial charge in [-0.1, -0.05) is 268 Å². The Morgan fingerprint density at radius 1 is 0.506 bits per heavy atom. The maximum atomic E-state index is 13.4. The molecule has 0 bridgehead atoms. The van der Waals surface area contributed by atoms with Gasteiger partial charge in [-0.2, -0.15) is 0 Å². The molecular weight excluding hydrogens is 991 g/mol. The van der Waals surface area contributed by atoms with E-state index in [2.05, 4.69) is 74.7 Å². The van der Waals surface area contributed by atoms with Crippen molar-refractivity contribution in [3.8, 4) is 0 Å². The number of hydrogen-bond donors (Lipinski definition) is 6. The van der Waals surface area contributed by atoms with Crippen LogP contribution in [0.3, 0.4) is 0 Å². The molecule has 0 aromatic carbocycles. The third-order valence-electron chi connectivity index (χ3n) is 15.4. The zero-order chi connectivity index (χ0) is 57.5. The molecule has 0 aromatic heterocycles. The fraction of sp³-hybridized carbons (Fsp3) is 0.824. The summed E-state index contributed by atoms with van der Waals surface area (Å²) < 4.78 is 17.6. The Morgan fingerprint density at radius 2 is 0.911 bits per heavy atom. The number of allylic oxidation sites excluding steroid dienone is 9. The molecule has 1 saturated heterocycles. The number of aliphatic hydroxyl groups excluding tert-OH is 5. The van der Waals surface area contributed by atoms with Crippen molar-refractivity contribution < 1.29 is 49.3 Å². The molecule has 1 amide bonds. The molecule has 460 valence electrons. The van der Waals surface area contributed by atoms with E-state index in [-0.39, 0.29) is 19.4 Å². The van der Waals surface area contributed by atoms with E-state index in [0.717, 1.165) is 83.5 Å². The predicted octanol–water partition coefficient (Wildman–Crippen LogP) is 16.2. The number of carbonyl (C=O) groups is 2. The van der Waals surface area contributed by atoms with Gasteiger partial charge in [-0.05, 0) is 83.5 Å². The van der Waals surface area contributed by atoms with Crippen molar-refractivity contribution >= 4 is 11.9 Å². The molecule has 1 heterocycles. The van der Waals surface area contributed by atoms with E-state index in [1.165, 1.54) is 167 Å². The monoisotopic (exact) mass is 1110 g/mol. The van der Waals surface area contributed by atoms with Gasteiger partial charge in [-0.3, -0.25) is 9.59 Å². The minimum Gasteiger partial charge on any atom is -0.454 e. The predicted molar refractivity (Wildman–Crippen MR) is 329 cm³/mol. The first kappa shape index (κ1) is 74.4. The third-order valence-corrected chi connectivity index (χ3v) is 15.4. The quantitative estimate of drug-likeness (QED) is 0.0149. The first-order chi connectivity index (χ1) is 38.7. The molecule has 6 N–H and O–H groups in total. The Balaban J connectivity index is 2.56. The minimum atomic E-state index is -1.62. The van der Waals surface area contributed by atoms with Gasteiger partial charge in [0.15, 0.2) is 12.4 Å². The highest BCUT2D eigenvalue weighted by Gasteiger charge is 2.47. The average Bonchev–Trinajstić information content (AvgIpc) is 3.47. The zero-order valence-corrected chi connectivity index (χ0v) is 51.0. The zero-order valence-electron chi connectivity index (χ0n) is 51.0. The van der Waals surface area contributed by atoms with Crippen LogP contribution < -0.4 is 5.32 Å². The van der Waals surface area contributed by atoms with Crippen molar-refractivity contribution in [3.05, 3.63) is 60.8 Å². The van der Waals surface area contributed by atoms with Crippen molar-refractivity contribution in [1.82, 2.24) is 5.32 Å². The van der Waals surface area contributed by atoms with Crippen molar-refractivity contribution in [2.75, 3.05) is 13.2 Å². The van der Waals surface area contributed by atoms with Crippen LogP contribution in [0.2, 0.25) is 0 Å². The van der Waals surface area contributed by atoms with Gasteiger partial charge in [0, 0.05) is 6.42 Å². The summed E-state index contributed by atoms with van der Waals surface area (Å²) >= 11 is 0. The molecule has 0 aliphatic carbocycles. The Bertz CT molecular complexity index is 1510. The van der Waals surface area contributed by atoms with Gasteiger partial charge < -0.3 is 45.1 Å². The van der Waals surface area contributed by atoms with Crippen molar-refractivity contribution in [2.45, 2.75) is 346 Å². The van der Waals surface area contributed by atoms with Gasteiger partial charge in [-0.25, -0.2) is 0 Å². The van der Waals surface area contributed by atoms with E-state index in [9.17, 15) is 35.1 Å². The lowest BCUT2D eigenvalue weighted by Crippen LogP contribution is -2.61. The first-order valence-corrected chi connectivity index (χ1v) is 33.1. The summed E-state index contributed by atoms with van der Waals surface area (Å²) in [6.07, 6.45) is 59.8. The Hall–Kier alpha value is -2.64. The smallest absolute Gasteiger partial charge is 0.306 e. The Kier molecular flexibility index (Phi) is 52.6. The SMILES string of the molecule is CCCCC/C=C\C/C=C\CCCCCCCCCCCCCCCCCC(=O)OC1C(OCC(NC(=O)C(O)CCCCCCC/C=C/C=C/CCCCC)C(O)/C=C/CCCCCCCCCCC)OC(CO)C(O)C1O. The number of hydrogen-bond acceptors (Lipinski definition) is 10. The molecule has 1 aliphatic heterocycles. The number of amides is 1. The van der Waals surface area contributed by atoms with Gasteiger partial charge in [-0.15, -0.1) is 0 Å². The topological polar surface area (TPSA) is 175 Å². The lowest BCUT2D eigenvalue weighted by Gasteiger charge is -2.41. The summed E-state index contributed by atoms with van der Waals surface area (Å²) in [6.45, 7) is 5.74.